The van der Waals surface area contributed by atoms with E-state index in [1.54, 1.807) is 36.3 Å². The van der Waals surface area contributed by atoms with Crippen LogP contribution in [0.2, 0.25) is 0 Å². The molecule has 0 fully saturated rings. The van der Waals surface area contributed by atoms with Crippen LogP contribution in [-0.2, 0) is 0 Å². The van der Waals surface area contributed by atoms with Crippen LogP contribution in [0.25, 0.3) is 0 Å². The second-order valence-electron chi connectivity index (χ2n) is 3.20. The summed E-state index contributed by atoms with van der Waals surface area (Å²) < 4.78 is 14.5. The molecule has 1 heterocycles. The average Bonchev–Trinajstić information content (AvgIpc) is 2.29. The van der Waals surface area contributed by atoms with Gasteiger partial charge in [-0.2, -0.15) is 0 Å². The monoisotopic (exact) mass is 329 g/mol. The smallest absolute Gasteiger partial charge is 0.149 e. The molecule has 2 aromatic rings. The summed E-state index contributed by atoms with van der Waals surface area (Å²) in [5.41, 5.74) is 0.499. The van der Waals surface area contributed by atoms with Crippen LogP contribution in [0.1, 0.15) is 0 Å². The fourth-order valence-electron chi connectivity index (χ4n) is 1.39. The highest BCUT2D eigenvalue weighted by molar-refractivity contribution is 14.1. The van der Waals surface area contributed by atoms with Gasteiger partial charge in [0.15, 0.2) is 0 Å². The minimum atomic E-state index is -0.264. The number of benzene rings is 1. The first-order chi connectivity index (χ1) is 7.70. The van der Waals surface area contributed by atoms with E-state index in [0.717, 1.165) is 3.57 Å². The topological polar surface area (TPSA) is 29.0 Å². The quantitative estimate of drug-likeness (QED) is 0.793. The van der Waals surface area contributed by atoms with E-state index >= 15 is 0 Å². The van der Waals surface area contributed by atoms with E-state index in [9.17, 15) is 4.39 Å². The van der Waals surface area contributed by atoms with Crippen molar-refractivity contribution in [1.29, 1.82) is 0 Å². The van der Waals surface area contributed by atoms with E-state index in [0.29, 0.717) is 11.5 Å². The van der Waals surface area contributed by atoms with Gasteiger partial charge in [0.1, 0.15) is 18.0 Å². The van der Waals surface area contributed by atoms with Crippen molar-refractivity contribution in [1.82, 2.24) is 9.97 Å². The fraction of sp³-hybridized carbons (Fsp3) is 0.0909. The molecule has 0 atom stereocenters. The SMILES string of the molecule is CN(c1ccccc1F)c1ncncc1I. The predicted molar refractivity (Wildman–Crippen MR) is 69.2 cm³/mol. The third-order valence-corrected chi connectivity index (χ3v) is 2.94. The summed E-state index contributed by atoms with van der Waals surface area (Å²) in [5.74, 6) is 0.431. The maximum atomic E-state index is 13.6. The van der Waals surface area contributed by atoms with Gasteiger partial charge in [-0.25, -0.2) is 14.4 Å². The Morgan fingerprint density at radius 3 is 2.75 bits per heavy atom. The maximum Gasteiger partial charge on any atom is 0.149 e. The Labute approximate surface area is 106 Å². The lowest BCUT2D eigenvalue weighted by Crippen LogP contribution is -2.14. The molecule has 0 N–H and O–H groups in total. The van der Waals surface area contributed by atoms with E-state index in [2.05, 4.69) is 32.6 Å². The van der Waals surface area contributed by atoms with Crippen LogP contribution >= 0.6 is 22.6 Å². The minimum Gasteiger partial charge on any atom is -0.326 e. The Morgan fingerprint density at radius 2 is 2.06 bits per heavy atom. The van der Waals surface area contributed by atoms with Gasteiger partial charge < -0.3 is 4.90 Å². The van der Waals surface area contributed by atoms with Crippen molar-refractivity contribution in [3.8, 4) is 0 Å². The first-order valence-corrected chi connectivity index (χ1v) is 5.72. The lowest BCUT2D eigenvalue weighted by molar-refractivity contribution is 0.627. The molecule has 0 bridgehead atoms. The van der Waals surface area contributed by atoms with Gasteiger partial charge in [0.25, 0.3) is 0 Å². The second kappa shape index (κ2) is 4.73. The Bertz CT molecular complexity index is 459. The molecule has 0 saturated carbocycles. The maximum absolute atomic E-state index is 13.6. The molecule has 82 valence electrons. The highest BCUT2D eigenvalue weighted by atomic mass is 127. The van der Waals surface area contributed by atoms with Crippen LogP contribution in [-0.4, -0.2) is 17.0 Å². The molecule has 0 saturated heterocycles. The Balaban J connectivity index is 2.44. The molecule has 1 aromatic carbocycles. The lowest BCUT2D eigenvalue weighted by Gasteiger charge is -2.19. The number of halogens is 2. The van der Waals surface area contributed by atoms with Gasteiger partial charge in [0.05, 0.1) is 9.26 Å². The largest absolute Gasteiger partial charge is 0.326 e. The number of aromatic nitrogens is 2. The number of para-hydroxylation sites is 1. The normalized spacial score (nSPS) is 10.2. The molecular weight excluding hydrogens is 320 g/mol. The van der Waals surface area contributed by atoms with E-state index < -0.39 is 0 Å². The van der Waals surface area contributed by atoms with Crippen molar-refractivity contribution >= 4 is 34.1 Å². The molecule has 0 amide bonds. The molecule has 16 heavy (non-hydrogen) atoms. The van der Waals surface area contributed by atoms with Gasteiger partial charge in [-0.3, -0.25) is 0 Å². The third-order valence-electron chi connectivity index (χ3n) is 2.18. The minimum absolute atomic E-state index is 0.264. The number of anilines is 2. The van der Waals surface area contributed by atoms with Crippen LogP contribution in [0.15, 0.2) is 36.8 Å². The zero-order valence-electron chi connectivity index (χ0n) is 8.56. The number of hydrogen-bond donors (Lipinski definition) is 0. The first-order valence-electron chi connectivity index (χ1n) is 4.64. The molecule has 2 rings (SSSR count). The predicted octanol–water partition coefficient (Wildman–Crippen LogP) is 2.99. The summed E-state index contributed by atoms with van der Waals surface area (Å²) in [4.78, 5) is 9.75. The Kier molecular flexibility index (Phi) is 3.33. The molecule has 0 unspecified atom stereocenters. The Hall–Kier alpha value is -1.24. The summed E-state index contributed by atoms with van der Waals surface area (Å²) in [7, 11) is 1.78. The third kappa shape index (κ3) is 2.13. The number of rotatable bonds is 2. The van der Waals surface area contributed by atoms with Crippen molar-refractivity contribution < 1.29 is 4.39 Å². The van der Waals surface area contributed by atoms with Gasteiger partial charge in [-0.1, -0.05) is 12.1 Å². The van der Waals surface area contributed by atoms with E-state index in [4.69, 9.17) is 0 Å². The summed E-state index contributed by atoms with van der Waals surface area (Å²) in [6.07, 6.45) is 3.15. The average molecular weight is 329 g/mol. The molecular formula is C11H9FIN3. The highest BCUT2D eigenvalue weighted by Gasteiger charge is 2.12. The van der Waals surface area contributed by atoms with Crippen LogP contribution in [0, 0.1) is 9.39 Å². The fourth-order valence-corrected chi connectivity index (χ4v) is 2.05. The van der Waals surface area contributed by atoms with Crippen molar-refractivity contribution in [2.24, 2.45) is 0 Å². The molecule has 0 spiro atoms. The number of nitrogens with zero attached hydrogens (tertiary/aromatic N) is 3. The van der Waals surface area contributed by atoms with Gasteiger partial charge in [-0.15, -0.1) is 0 Å². The van der Waals surface area contributed by atoms with Crippen LogP contribution < -0.4 is 4.90 Å². The molecule has 0 radical (unpaired) electrons. The van der Waals surface area contributed by atoms with E-state index in [1.807, 2.05) is 0 Å². The summed E-state index contributed by atoms with van der Waals surface area (Å²) in [6, 6.07) is 6.61. The van der Waals surface area contributed by atoms with Gasteiger partial charge in [0, 0.05) is 13.2 Å². The number of hydrogen-bond acceptors (Lipinski definition) is 3. The zero-order chi connectivity index (χ0) is 11.5. The van der Waals surface area contributed by atoms with Crippen molar-refractivity contribution in [3.63, 3.8) is 0 Å². The van der Waals surface area contributed by atoms with Crippen LogP contribution in [0.4, 0.5) is 15.9 Å². The van der Waals surface area contributed by atoms with Crippen LogP contribution in [0.3, 0.4) is 0 Å². The van der Waals surface area contributed by atoms with E-state index in [1.165, 1.54) is 12.4 Å². The standard InChI is InChI=1S/C11H9FIN3/c1-16(10-5-3-2-4-8(10)12)11-9(13)6-14-7-15-11/h2-7H,1H3. The summed E-state index contributed by atoms with van der Waals surface area (Å²) >= 11 is 2.12. The summed E-state index contributed by atoms with van der Waals surface area (Å²) in [5, 5.41) is 0. The Morgan fingerprint density at radius 1 is 1.31 bits per heavy atom. The van der Waals surface area contributed by atoms with Crippen LogP contribution in [0.5, 0.6) is 0 Å². The highest BCUT2D eigenvalue weighted by Crippen LogP contribution is 2.26. The lowest BCUT2D eigenvalue weighted by atomic mass is 10.3. The molecule has 1 aromatic heterocycles. The molecule has 0 aliphatic carbocycles. The zero-order valence-corrected chi connectivity index (χ0v) is 10.7. The molecule has 3 nitrogen and oxygen atoms in total. The van der Waals surface area contributed by atoms with Gasteiger partial charge in [-0.05, 0) is 34.7 Å². The molecule has 0 aliphatic rings. The summed E-state index contributed by atoms with van der Waals surface area (Å²) in [6.45, 7) is 0. The molecule has 0 aliphatic heterocycles. The van der Waals surface area contributed by atoms with Gasteiger partial charge >= 0.3 is 0 Å². The van der Waals surface area contributed by atoms with Crippen molar-refractivity contribution in [2.45, 2.75) is 0 Å². The van der Waals surface area contributed by atoms with Gasteiger partial charge in [0.2, 0.25) is 0 Å². The second-order valence-corrected chi connectivity index (χ2v) is 4.37. The molecule has 5 heteroatoms. The van der Waals surface area contributed by atoms with Crippen molar-refractivity contribution in [3.05, 3.63) is 46.2 Å². The van der Waals surface area contributed by atoms with Crippen molar-refractivity contribution in [2.75, 3.05) is 11.9 Å². The first kappa shape index (κ1) is 11.3. The van der Waals surface area contributed by atoms with E-state index in [-0.39, 0.29) is 5.82 Å².